The Labute approximate surface area is 163 Å². The van der Waals surface area contributed by atoms with Gasteiger partial charge in [0.2, 0.25) is 11.8 Å². The summed E-state index contributed by atoms with van der Waals surface area (Å²) < 4.78 is 37.6. The van der Waals surface area contributed by atoms with Crippen LogP contribution in [0.5, 0.6) is 0 Å². The molecule has 1 spiro atoms. The molecule has 2 aliphatic rings. The van der Waals surface area contributed by atoms with Gasteiger partial charge in [-0.15, -0.1) is 0 Å². The predicted octanol–water partition coefficient (Wildman–Crippen LogP) is -2.15. The average molecular weight is 424 g/mol. The number of primary amides is 1. The molecule has 2 rings (SSSR count). The number of aliphatic hydroxyl groups excluding tert-OH is 2. The van der Waals surface area contributed by atoms with Crippen molar-refractivity contribution in [1.29, 1.82) is 0 Å². The van der Waals surface area contributed by atoms with Gasteiger partial charge >= 0.3 is 12.1 Å². The van der Waals surface area contributed by atoms with Crippen LogP contribution in [0.4, 0.5) is 13.2 Å². The number of nitrogens with two attached hydrogens (primary N) is 1. The monoisotopic (exact) mass is 424 g/mol. The first kappa shape index (κ1) is 22.9. The molecule has 5 atom stereocenters. The van der Waals surface area contributed by atoms with Gasteiger partial charge in [-0.1, -0.05) is 0 Å². The van der Waals surface area contributed by atoms with Crippen molar-refractivity contribution >= 4 is 23.6 Å². The lowest BCUT2D eigenvalue weighted by atomic mass is 9.83. The van der Waals surface area contributed by atoms with Gasteiger partial charge in [0.25, 0.3) is 5.91 Å². The van der Waals surface area contributed by atoms with E-state index in [0.29, 0.717) is 6.42 Å². The van der Waals surface area contributed by atoms with E-state index < -0.39 is 59.6 Å². The van der Waals surface area contributed by atoms with Crippen LogP contribution in [0.15, 0.2) is 0 Å². The number of alkyl halides is 3. The molecular formula is C16H23F3N4O6. The fourth-order valence-electron chi connectivity index (χ4n) is 3.84. The number of likely N-dealkylation sites (tertiary alicyclic amines) is 2. The maximum atomic E-state index is 12.8. The molecule has 5 N–H and O–H groups in total. The number of carbonyl (C=O) groups is 4. The normalized spacial score (nSPS) is 26.0. The molecule has 1 unspecified atom stereocenters. The second kappa shape index (κ2) is 7.78. The van der Waals surface area contributed by atoms with Gasteiger partial charge in [0.1, 0.15) is 17.6 Å². The molecule has 0 aromatic rings. The summed E-state index contributed by atoms with van der Waals surface area (Å²) in [5.41, 5.74) is 3.79. The Morgan fingerprint density at radius 1 is 1.21 bits per heavy atom. The van der Waals surface area contributed by atoms with Gasteiger partial charge < -0.3 is 31.1 Å². The molecule has 2 heterocycles. The van der Waals surface area contributed by atoms with E-state index in [1.807, 2.05) is 0 Å². The Hall–Kier alpha value is -2.41. The summed E-state index contributed by atoms with van der Waals surface area (Å²) in [5.74, 6) is -5.07. The Kier molecular flexibility index (Phi) is 6.14. The van der Waals surface area contributed by atoms with E-state index in [-0.39, 0.29) is 19.5 Å². The van der Waals surface area contributed by atoms with Crippen LogP contribution in [0, 0.1) is 0 Å². The molecule has 10 nitrogen and oxygen atoms in total. The minimum Gasteiger partial charge on any atom is -0.391 e. The highest BCUT2D eigenvalue weighted by Crippen LogP contribution is 2.41. The zero-order valence-electron chi connectivity index (χ0n) is 15.8. The number of rotatable bonds is 6. The Morgan fingerprint density at radius 2 is 1.79 bits per heavy atom. The summed E-state index contributed by atoms with van der Waals surface area (Å²) in [6, 6.07) is -3.23. The van der Waals surface area contributed by atoms with Crippen LogP contribution in [0.25, 0.3) is 0 Å². The highest BCUT2D eigenvalue weighted by molar-refractivity contribution is 6.01. The van der Waals surface area contributed by atoms with Crippen molar-refractivity contribution in [2.45, 2.75) is 62.7 Å². The van der Waals surface area contributed by atoms with Crippen molar-refractivity contribution < 1.29 is 42.6 Å². The summed E-state index contributed by atoms with van der Waals surface area (Å²) in [6.45, 7) is 2.16. The topological polar surface area (TPSA) is 153 Å². The highest BCUT2D eigenvalue weighted by Gasteiger charge is 2.62. The van der Waals surface area contributed by atoms with Crippen molar-refractivity contribution in [3.05, 3.63) is 0 Å². The molecular weight excluding hydrogens is 401 g/mol. The Morgan fingerprint density at radius 3 is 2.21 bits per heavy atom. The van der Waals surface area contributed by atoms with Crippen molar-refractivity contribution in [3.8, 4) is 0 Å². The lowest BCUT2D eigenvalue weighted by Crippen LogP contribution is -2.78. The molecule has 0 saturated carbocycles. The summed E-state index contributed by atoms with van der Waals surface area (Å²) in [7, 11) is 0. The van der Waals surface area contributed by atoms with Crippen LogP contribution < -0.4 is 11.1 Å². The van der Waals surface area contributed by atoms with E-state index >= 15 is 0 Å². The van der Waals surface area contributed by atoms with Crippen molar-refractivity contribution in [2.24, 2.45) is 5.73 Å². The minimum absolute atomic E-state index is 0.0133. The van der Waals surface area contributed by atoms with Gasteiger partial charge in [0, 0.05) is 6.54 Å². The molecule has 164 valence electrons. The maximum Gasteiger partial charge on any atom is 0.471 e. The number of aliphatic hydroxyl groups is 2. The summed E-state index contributed by atoms with van der Waals surface area (Å²) >= 11 is 0. The smallest absolute Gasteiger partial charge is 0.391 e. The Bertz CT molecular complexity index is 713. The molecule has 4 amide bonds. The van der Waals surface area contributed by atoms with Gasteiger partial charge in [0.15, 0.2) is 0 Å². The van der Waals surface area contributed by atoms with Gasteiger partial charge in [0.05, 0.1) is 18.8 Å². The zero-order valence-corrected chi connectivity index (χ0v) is 15.8. The summed E-state index contributed by atoms with van der Waals surface area (Å²) in [5, 5.41) is 20.9. The first-order valence-electron chi connectivity index (χ1n) is 8.89. The largest absolute Gasteiger partial charge is 0.471 e. The number of hydrogen-bond donors (Lipinski definition) is 4. The molecule has 2 aliphatic heterocycles. The third-order valence-corrected chi connectivity index (χ3v) is 5.22. The van der Waals surface area contributed by atoms with Gasteiger partial charge in [-0.05, 0) is 26.7 Å². The van der Waals surface area contributed by atoms with Gasteiger partial charge in [-0.25, -0.2) is 0 Å². The maximum absolute atomic E-state index is 12.8. The third kappa shape index (κ3) is 4.01. The van der Waals surface area contributed by atoms with Gasteiger partial charge in [-0.2, -0.15) is 13.2 Å². The molecule has 29 heavy (non-hydrogen) atoms. The van der Waals surface area contributed by atoms with Crippen LogP contribution in [-0.2, 0) is 19.2 Å². The van der Waals surface area contributed by atoms with Crippen LogP contribution in [0.2, 0.25) is 0 Å². The molecule has 2 saturated heterocycles. The molecule has 13 heteroatoms. The third-order valence-electron chi connectivity index (χ3n) is 5.22. The standard InChI is InChI=1S/C16H23F3N4O6/c1-7(24)9(21-13(28)16(17,18)19)12(27)23-5-3-4-15(23)6-22(14(15)29)10(8(2)25)11(20)26/h7-10,24-25H,3-6H2,1-2H3,(H2,20,26)(H,21,28)/t7-,8-,9+,10+,15?/m1/s1. The number of β-lactam (4-membered cyclic amide) rings is 1. The molecule has 0 aliphatic carbocycles. The quantitative estimate of drug-likeness (QED) is 0.357. The van der Waals surface area contributed by atoms with E-state index in [4.69, 9.17) is 5.73 Å². The molecule has 0 bridgehead atoms. The van der Waals surface area contributed by atoms with E-state index in [2.05, 4.69) is 0 Å². The number of hydrogen-bond acceptors (Lipinski definition) is 6. The molecule has 0 aromatic carbocycles. The number of halogens is 3. The van der Waals surface area contributed by atoms with Gasteiger partial charge in [-0.3, -0.25) is 19.2 Å². The van der Waals surface area contributed by atoms with Crippen LogP contribution in [0.1, 0.15) is 26.7 Å². The molecule has 0 aromatic heterocycles. The Balaban J connectivity index is 2.23. The minimum atomic E-state index is -5.26. The zero-order chi connectivity index (χ0) is 22.3. The average Bonchev–Trinajstić information content (AvgIpc) is 3.03. The second-order valence-corrected chi connectivity index (χ2v) is 7.34. The lowest BCUT2D eigenvalue weighted by molar-refractivity contribution is -0.180. The lowest BCUT2D eigenvalue weighted by Gasteiger charge is -2.54. The fourth-order valence-corrected chi connectivity index (χ4v) is 3.84. The van der Waals surface area contributed by atoms with Crippen molar-refractivity contribution in [3.63, 3.8) is 0 Å². The predicted molar refractivity (Wildman–Crippen MR) is 89.7 cm³/mol. The van der Waals surface area contributed by atoms with Crippen LogP contribution in [-0.4, -0.2) is 92.7 Å². The number of carbonyl (C=O) groups excluding carboxylic acids is 4. The SMILES string of the molecule is C[C@@H](O)[C@H](NC(=O)C(F)(F)F)C(=O)N1CCCC12CN([C@H](C(N)=O)[C@@H](C)O)C2=O. The van der Waals surface area contributed by atoms with E-state index in [0.717, 1.165) is 16.7 Å². The van der Waals surface area contributed by atoms with E-state index in [9.17, 15) is 42.6 Å². The van der Waals surface area contributed by atoms with Crippen molar-refractivity contribution in [2.75, 3.05) is 13.1 Å². The van der Waals surface area contributed by atoms with Crippen LogP contribution in [0.3, 0.4) is 0 Å². The van der Waals surface area contributed by atoms with Crippen LogP contribution >= 0.6 is 0 Å². The number of nitrogens with one attached hydrogen (secondary N) is 1. The van der Waals surface area contributed by atoms with E-state index in [1.54, 1.807) is 0 Å². The first-order chi connectivity index (χ1) is 13.2. The number of amides is 4. The number of nitrogens with zero attached hydrogens (tertiary/aromatic N) is 2. The van der Waals surface area contributed by atoms with Crippen molar-refractivity contribution in [1.82, 2.24) is 15.1 Å². The first-order valence-corrected chi connectivity index (χ1v) is 8.89. The summed E-state index contributed by atoms with van der Waals surface area (Å²) in [4.78, 5) is 50.4. The summed E-state index contributed by atoms with van der Waals surface area (Å²) in [6.07, 6.45) is -7.66. The molecule has 2 fully saturated rings. The molecule has 0 radical (unpaired) electrons. The highest BCUT2D eigenvalue weighted by atomic mass is 19.4. The van der Waals surface area contributed by atoms with E-state index in [1.165, 1.54) is 12.2 Å². The fraction of sp³-hybridized carbons (Fsp3) is 0.750. The second-order valence-electron chi connectivity index (χ2n) is 7.34.